The Morgan fingerprint density at radius 3 is 2.81 bits per heavy atom. The molecule has 84 valence electrons. The van der Waals surface area contributed by atoms with E-state index in [-0.39, 0.29) is 0 Å². The van der Waals surface area contributed by atoms with E-state index in [1.807, 2.05) is 36.5 Å². The van der Waals surface area contributed by atoms with Crippen LogP contribution in [0.4, 0.5) is 0 Å². The normalized spacial score (nSPS) is 10.7. The highest BCUT2D eigenvalue weighted by atomic mass is 79.9. The van der Waals surface area contributed by atoms with Gasteiger partial charge in [0, 0.05) is 34.5 Å². The zero-order valence-corrected chi connectivity index (χ0v) is 11.0. The molecule has 0 spiro atoms. The molecule has 2 nitrogen and oxygen atoms in total. The average Bonchev–Trinajstić information content (AvgIpc) is 2.69. The maximum Gasteiger partial charge on any atom is 0.0488 e. The summed E-state index contributed by atoms with van der Waals surface area (Å²) in [5.41, 5.74) is 7.85. The van der Waals surface area contributed by atoms with Gasteiger partial charge in [-0.05, 0) is 29.8 Å². The van der Waals surface area contributed by atoms with Gasteiger partial charge in [-0.3, -0.25) is 0 Å². The van der Waals surface area contributed by atoms with Crippen molar-refractivity contribution >= 4 is 27.5 Å². The standard InChI is InChI=1S/C12H12BrClN2/c13-10-4-3-9(12(14)6-10)8-16-5-1-2-11(16)7-15/h1-6H,7-8,15H2. The van der Waals surface area contributed by atoms with Crippen molar-refractivity contribution in [2.24, 2.45) is 5.73 Å². The van der Waals surface area contributed by atoms with Gasteiger partial charge in [0.05, 0.1) is 0 Å². The van der Waals surface area contributed by atoms with Crippen LogP contribution in [0.15, 0.2) is 41.0 Å². The first-order chi connectivity index (χ1) is 7.70. The summed E-state index contributed by atoms with van der Waals surface area (Å²) in [6.07, 6.45) is 2.01. The zero-order chi connectivity index (χ0) is 11.5. The molecular weight excluding hydrogens is 288 g/mol. The van der Waals surface area contributed by atoms with Crippen molar-refractivity contribution in [1.29, 1.82) is 0 Å². The Morgan fingerprint density at radius 1 is 1.31 bits per heavy atom. The number of rotatable bonds is 3. The second-order valence-corrected chi connectivity index (χ2v) is 4.89. The maximum absolute atomic E-state index is 6.17. The molecule has 1 aromatic heterocycles. The van der Waals surface area contributed by atoms with Crippen LogP contribution in [0.25, 0.3) is 0 Å². The molecule has 0 amide bonds. The van der Waals surface area contributed by atoms with E-state index in [2.05, 4.69) is 20.5 Å². The van der Waals surface area contributed by atoms with Crippen molar-refractivity contribution in [2.75, 3.05) is 0 Å². The predicted molar refractivity (Wildman–Crippen MR) is 70.6 cm³/mol. The molecule has 0 fully saturated rings. The summed E-state index contributed by atoms with van der Waals surface area (Å²) in [5.74, 6) is 0. The number of benzene rings is 1. The zero-order valence-electron chi connectivity index (χ0n) is 8.66. The summed E-state index contributed by atoms with van der Waals surface area (Å²) in [6, 6.07) is 9.93. The molecule has 0 saturated heterocycles. The quantitative estimate of drug-likeness (QED) is 0.925. The van der Waals surface area contributed by atoms with Crippen LogP contribution < -0.4 is 5.73 Å². The number of hydrogen-bond acceptors (Lipinski definition) is 1. The SMILES string of the molecule is NCc1cccn1Cc1ccc(Br)cc1Cl. The van der Waals surface area contributed by atoms with E-state index >= 15 is 0 Å². The molecule has 0 saturated carbocycles. The van der Waals surface area contributed by atoms with Gasteiger partial charge >= 0.3 is 0 Å². The topological polar surface area (TPSA) is 30.9 Å². The van der Waals surface area contributed by atoms with Crippen LogP contribution in [0.5, 0.6) is 0 Å². The molecule has 0 radical (unpaired) electrons. The first kappa shape index (κ1) is 11.7. The van der Waals surface area contributed by atoms with Crippen LogP contribution >= 0.6 is 27.5 Å². The number of nitrogens with zero attached hydrogens (tertiary/aromatic N) is 1. The van der Waals surface area contributed by atoms with Crippen molar-refractivity contribution in [3.8, 4) is 0 Å². The van der Waals surface area contributed by atoms with Gasteiger partial charge in [-0.2, -0.15) is 0 Å². The van der Waals surface area contributed by atoms with E-state index < -0.39 is 0 Å². The molecule has 16 heavy (non-hydrogen) atoms. The lowest BCUT2D eigenvalue weighted by Crippen LogP contribution is -2.07. The Balaban J connectivity index is 2.27. The highest BCUT2D eigenvalue weighted by molar-refractivity contribution is 9.10. The second-order valence-electron chi connectivity index (χ2n) is 3.57. The monoisotopic (exact) mass is 298 g/mol. The molecular formula is C12H12BrClN2. The number of aromatic nitrogens is 1. The summed E-state index contributed by atoms with van der Waals surface area (Å²) < 4.78 is 3.10. The third-order valence-electron chi connectivity index (χ3n) is 2.49. The minimum Gasteiger partial charge on any atom is -0.346 e. The molecule has 0 aliphatic carbocycles. The van der Waals surface area contributed by atoms with Crippen LogP contribution in [0, 0.1) is 0 Å². The summed E-state index contributed by atoms with van der Waals surface area (Å²) in [4.78, 5) is 0. The van der Waals surface area contributed by atoms with E-state index in [0.717, 1.165) is 27.3 Å². The molecule has 2 rings (SSSR count). The first-order valence-electron chi connectivity index (χ1n) is 4.98. The van der Waals surface area contributed by atoms with E-state index in [4.69, 9.17) is 17.3 Å². The predicted octanol–water partition coefficient (Wildman–Crippen LogP) is 3.41. The highest BCUT2D eigenvalue weighted by Crippen LogP contribution is 2.22. The molecule has 1 aromatic carbocycles. The van der Waals surface area contributed by atoms with Gasteiger partial charge < -0.3 is 10.3 Å². The van der Waals surface area contributed by atoms with Crippen molar-refractivity contribution in [3.05, 3.63) is 57.3 Å². The fourth-order valence-corrected chi connectivity index (χ4v) is 2.36. The fraction of sp³-hybridized carbons (Fsp3) is 0.167. The number of nitrogens with two attached hydrogens (primary N) is 1. The van der Waals surface area contributed by atoms with Crippen molar-refractivity contribution < 1.29 is 0 Å². The van der Waals surface area contributed by atoms with Gasteiger partial charge in [0.1, 0.15) is 0 Å². The molecule has 2 N–H and O–H groups in total. The molecule has 0 unspecified atom stereocenters. The molecule has 1 heterocycles. The van der Waals surface area contributed by atoms with E-state index in [1.165, 1.54) is 0 Å². The minimum absolute atomic E-state index is 0.543. The average molecular weight is 300 g/mol. The number of hydrogen-bond donors (Lipinski definition) is 1. The molecule has 0 bridgehead atoms. The summed E-state index contributed by atoms with van der Waals surface area (Å²) in [6.45, 7) is 1.30. The molecule has 4 heteroatoms. The Kier molecular flexibility index (Phi) is 3.69. The van der Waals surface area contributed by atoms with Gasteiger partial charge in [-0.1, -0.05) is 33.6 Å². The Bertz CT molecular complexity index is 494. The molecule has 0 aliphatic heterocycles. The highest BCUT2D eigenvalue weighted by Gasteiger charge is 2.04. The Labute approximate surface area is 108 Å². The maximum atomic E-state index is 6.17. The molecule has 0 atom stereocenters. The van der Waals surface area contributed by atoms with Gasteiger partial charge in [-0.15, -0.1) is 0 Å². The van der Waals surface area contributed by atoms with Crippen LogP contribution in [0.3, 0.4) is 0 Å². The van der Waals surface area contributed by atoms with Crippen molar-refractivity contribution in [2.45, 2.75) is 13.1 Å². The van der Waals surface area contributed by atoms with Crippen molar-refractivity contribution in [1.82, 2.24) is 4.57 Å². The van der Waals surface area contributed by atoms with E-state index in [9.17, 15) is 0 Å². The summed E-state index contributed by atoms with van der Waals surface area (Å²) in [5, 5.41) is 0.769. The third-order valence-corrected chi connectivity index (χ3v) is 3.33. The second kappa shape index (κ2) is 5.04. The van der Waals surface area contributed by atoms with Crippen LogP contribution in [-0.2, 0) is 13.1 Å². The lowest BCUT2D eigenvalue weighted by Gasteiger charge is -2.09. The summed E-state index contributed by atoms with van der Waals surface area (Å²) in [7, 11) is 0. The Hall–Kier alpha value is -0.770. The summed E-state index contributed by atoms with van der Waals surface area (Å²) >= 11 is 9.56. The van der Waals surface area contributed by atoms with E-state index in [0.29, 0.717) is 6.54 Å². The van der Waals surface area contributed by atoms with Gasteiger partial charge in [0.25, 0.3) is 0 Å². The smallest absolute Gasteiger partial charge is 0.0488 e. The Morgan fingerprint density at radius 2 is 2.12 bits per heavy atom. The fourth-order valence-electron chi connectivity index (χ4n) is 1.62. The van der Waals surface area contributed by atoms with Crippen LogP contribution in [0.1, 0.15) is 11.3 Å². The van der Waals surface area contributed by atoms with E-state index in [1.54, 1.807) is 0 Å². The molecule has 2 aromatic rings. The van der Waals surface area contributed by atoms with Crippen LogP contribution in [0.2, 0.25) is 5.02 Å². The first-order valence-corrected chi connectivity index (χ1v) is 6.16. The molecule has 0 aliphatic rings. The van der Waals surface area contributed by atoms with Gasteiger partial charge in [0.15, 0.2) is 0 Å². The minimum atomic E-state index is 0.543. The third kappa shape index (κ3) is 2.48. The largest absolute Gasteiger partial charge is 0.346 e. The van der Waals surface area contributed by atoms with Gasteiger partial charge in [-0.25, -0.2) is 0 Å². The lowest BCUT2D eigenvalue weighted by atomic mass is 10.2. The van der Waals surface area contributed by atoms with Crippen LogP contribution in [-0.4, -0.2) is 4.57 Å². The van der Waals surface area contributed by atoms with Gasteiger partial charge in [0.2, 0.25) is 0 Å². The lowest BCUT2D eigenvalue weighted by molar-refractivity contribution is 0.744. The van der Waals surface area contributed by atoms with Crippen molar-refractivity contribution in [3.63, 3.8) is 0 Å². The number of halogens is 2.